The highest BCUT2D eigenvalue weighted by Crippen LogP contribution is 2.09. The van der Waals surface area contributed by atoms with E-state index in [2.05, 4.69) is 9.44 Å². The van der Waals surface area contributed by atoms with Gasteiger partial charge in [0.15, 0.2) is 0 Å². The van der Waals surface area contributed by atoms with Crippen LogP contribution in [0.15, 0.2) is 24.3 Å². The Morgan fingerprint density at radius 3 is 2.40 bits per heavy atom. The van der Waals surface area contributed by atoms with Gasteiger partial charge in [0.05, 0.1) is 0 Å². The summed E-state index contributed by atoms with van der Waals surface area (Å²) in [5.74, 6) is -0.423. The maximum atomic E-state index is 12.5. The summed E-state index contributed by atoms with van der Waals surface area (Å²) >= 11 is 0. The van der Waals surface area contributed by atoms with E-state index in [0.717, 1.165) is 0 Å². The number of hydrogen-bond acceptors (Lipinski definition) is 3. The minimum absolute atomic E-state index is 0.149. The van der Waals surface area contributed by atoms with Crippen molar-refractivity contribution in [2.45, 2.75) is 0 Å². The topological polar surface area (TPSA) is 84.2 Å². The molecule has 1 rings (SSSR count). The molecule has 0 bridgehead atoms. The van der Waals surface area contributed by atoms with E-state index in [0.29, 0.717) is 5.69 Å². The second kappa shape index (κ2) is 5.06. The molecule has 84 valence electrons. The summed E-state index contributed by atoms with van der Waals surface area (Å²) in [5.41, 5.74) is 5.44. The highest BCUT2D eigenvalue weighted by molar-refractivity contribution is 7.90. The fourth-order valence-electron chi connectivity index (χ4n) is 0.902. The second-order valence-corrected chi connectivity index (χ2v) is 4.30. The summed E-state index contributed by atoms with van der Waals surface area (Å²) in [5, 5.41) is 0. The van der Waals surface area contributed by atoms with Gasteiger partial charge in [0.25, 0.3) is 10.2 Å². The molecule has 0 amide bonds. The SMILES string of the molecule is NCCNS(=O)(=O)Nc1ccc(F)cc1. The molecule has 0 aliphatic heterocycles. The lowest BCUT2D eigenvalue weighted by atomic mass is 10.3. The van der Waals surface area contributed by atoms with Crippen LogP contribution >= 0.6 is 0 Å². The molecule has 0 aromatic heterocycles. The third kappa shape index (κ3) is 4.24. The van der Waals surface area contributed by atoms with Crippen LogP contribution in [0.25, 0.3) is 0 Å². The third-order valence-electron chi connectivity index (χ3n) is 1.53. The Hall–Kier alpha value is -1.18. The van der Waals surface area contributed by atoms with Crippen molar-refractivity contribution in [3.05, 3.63) is 30.1 Å². The van der Waals surface area contributed by atoms with Crippen molar-refractivity contribution < 1.29 is 12.8 Å². The van der Waals surface area contributed by atoms with E-state index in [-0.39, 0.29) is 13.1 Å². The largest absolute Gasteiger partial charge is 0.329 e. The van der Waals surface area contributed by atoms with Crippen molar-refractivity contribution in [1.82, 2.24) is 4.72 Å². The van der Waals surface area contributed by atoms with Crippen LogP contribution < -0.4 is 15.2 Å². The van der Waals surface area contributed by atoms with Crippen molar-refractivity contribution in [3.63, 3.8) is 0 Å². The van der Waals surface area contributed by atoms with Gasteiger partial charge in [-0.15, -0.1) is 0 Å². The van der Waals surface area contributed by atoms with Crippen molar-refractivity contribution in [2.75, 3.05) is 17.8 Å². The van der Waals surface area contributed by atoms with E-state index in [4.69, 9.17) is 5.73 Å². The first-order valence-corrected chi connectivity index (χ1v) is 5.75. The Balaban J connectivity index is 2.65. The Labute approximate surface area is 87.7 Å². The van der Waals surface area contributed by atoms with Gasteiger partial charge in [-0.25, -0.2) is 4.39 Å². The summed E-state index contributed by atoms with van der Waals surface area (Å²) < 4.78 is 39.5. The Morgan fingerprint density at radius 2 is 1.87 bits per heavy atom. The van der Waals surface area contributed by atoms with Crippen LogP contribution in [0, 0.1) is 5.82 Å². The van der Waals surface area contributed by atoms with Gasteiger partial charge in [-0.3, -0.25) is 4.72 Å². The zero-order chi connectivity index (χ0) is 11.3. The molecular formula is C8H12FN3O2S. The van der Waals surface area contributed by atoms with Crippen LogP contribution in [0.5, 0.6) is 0 Å². The molecule has 0 heterocycles. The number of halogens is 1. The highest BCUT2D eigenvalue weighted by atomic mass is 32.2. The van der Waals surface area contributed by atoms with Gasteiger partial charge in [-0.1, -0.05) is 0 Å². The zero-order valence-electron chi connectivity index (χ0n) is 7.90. The number of nitrogens with one attached hydrogen (secondary N) is 2. The Bertz CT molecular complexity index is 404. The third-order valence-corrected chi connectivity index (χ3v) is 2.62. The fourth-order valence-corrected chi connectivity index (χ4v) is 1.81. The van der Waals surface area contributed by atoms with Gasteiger partial charge >= 0.3 is 0 Å². The summed E-state index contributed by atoms with van der Waals surface area (Å²) in [6.45, 7) is 0.362. The van der Waals surface area contributed by atoms with E-state index >= 15 is 0 Å². The lowest BCUT2D eigenvalue weighted by Gasteiger charge is -2.07. The lowest BCUT2D eigenvalue weighted by molar-refractivity contribution is 0.587. The monoisotopic (exact) mass is 233 g/mol. The van der Waals surface area contributed by atoms with Gasteiger partial charge in [0.2, 0.25) is 0 Å². The lowest BCUT2D eigenvalue weighted by Crippen LogP contribution is -2.33. The molecule has 0 radical (unpaired) electrons. The highest BCUT2D eigenvalue weighted by Gasteiger charge is 2.07. The molecule has 4 N–H and O–H groups in total. The average molecular weight is 233 g/mol. The van der Waals surface area contributed by atoms with Crippen LogP contribution in [-0.2, 0) is 10.2 Å². The predicted octanol–water partition coefficient (Wildman–Crippen LogP) is 0.0307. The minimum Gasteiger partial charge on any atom is -0.329 e. The van der Waals surface area contributed by atoms with E-state index in [1.807, 2.05) is 0 Å². The van der Waals surface area contributed by atoms with Crippen molar-refractivity contribution in [1.29, 1.82) is 0 Å². The summed E-state index contributed by atoms with van der Waals surface area (Å²) in [4.78, 5) is 0. The molecule has 1 aromatic carbocycles. The number of benzene rings is 1. The van der Waals surface area contributed by atoms with Gasteiger partial charge in [-0.2, -0.15) is 13.1 Å². The van der Waals surface area contributed by atoms with E-state index in [1.165, 1.54) is 24.3 Å². The molecular weight excluding hydrogens is 221 g/mol. The Morgan fingerprint density at radius 1 is 1.27 bits per heavy atom. The summed E-state index contributed by atoms with van der Waals surface area (Å²) in [7, 11) is -3.61. The molecule has 0 aliphatic carbocycles. The first-order chi connectivity index (χ1) is 7.03. The van der Waals surface area contributed by atoms with Gasteiger partial charge < -0.3 is 5.73 Å². The molecule has 1 aromatic rings. The molecule has 0 unspecified atom stereocenters. The van der Waals surface area contributed by atoms with Crippen LogP contribution in [0.1, 0.15) is 0 Å². The summed E-state index contributed by atoms with van der Waals surface area (Å²) in [6.07, 6.45) is 0. The van der Waals surface area contributed by atoms with Crippen molar-refractivity contribution >= 4 is 15.9 Å². The molecule has 0 fully saturated rings. The first-order valence-electron chi connectivity index (χ1n) is 4.26. The van der Waals surface area contributed by atoms with Gasteiger partial charge in [-0.05, 0) is 24.3 Å². The van der Waals surface area contributed by atoms with E-state index in [1.54, 1.807) is 0 Å². The first kappa shape index (κ1) is 11.9. The number of anilines is 1. The van der Waals surface area contributed by atoms with Gasteiger partial charge in [0, 0.05) is 18.8 Å². The summed E-state index contributed by atoms with van der Waals surface area (Å²) in [6, 6.07) is 5.00. The second-order valence-electron chi connectivity index (χ2n) is 2.80. The molecule has 5 nitrogen and oxygen atoms in total. The smallest absolute Gasteiger partial charge is 0.299 e. The zero-order valence-corrected chi connectivity index (χ0v) is 8.72. The predicted molar refractivity (Wildman–Crippen MR) is 56.0 cm³/mol. The molecule has 0 saturated heterocycles. The number of nitrogens with two attached hydrogens (primary N) is 1. The maximum absolute atomic E-state index is 12.5. The number of hydrogen-bond donors (Lipinski definition) is 3. The van der Waals surface area contributed by atoms with Crippen molar-refractivity contribution in [3.8, 4) is 0 Å². The van der Waals surface area contributed by atoms with E-state index in [9.17, 15) is 12.8 Å². The quantitative estimate of drug-likeness (QED) is 0.671. The van der Waals surface area contributed by atoms with Crippen molar-refractivity contribution in [2.24, 2.45) is 5.73 Å². The van der Waals surface area contributed by atoms with Crippen LogP contribution in [0.3, 0.4) is 0 Å². The number of rotatable bonds is 5. The average Bonchev–Trinajstić information content (AvgIpc) is 2.18. The molecule has 0 saturated carbocycles. The fraction of sp³-hybridized carbons (Fsp3) is 0.250. The molecule has 0 atom stereocenters. The Kier molecular flexibility index (Phi) is 4.01. The molecule has 0 spiro atoms. The van der Waals surface area contributed by atoms with Crippen LogP contribution in [-0.4, -0.2) is 21.5 Å². The minimum atomic E-state index is -3.61. The van der Waals surface area contributed by atoms with Crippen LogP contribution in [0.4, 0.5) is 10.1 Å². The normalized spacial score (nSPS) is 11.3. The van der Waals surface area contributed by atoms with E-state index < -0.39 is 16.0 Å². The molecule has 15 heavy (non-hydrogen) atoms. The molecule has 0 aliphatic rings. The standard InChI is InChI=1S/C8H12FN3O2S/c9-7-1-3-8(4-2-7)12-15(13,14)11-6-5-10/h1-4,11-12H,5-6,10H2. The van der Waals surface area contributed by atoms with Crippen LogP contribution in [0.2, 0.25) is 0 Å². The van der Waals surface area contributed by atoms with Gasteiger partial charge in [0.1, 0.15) is 5.82 Å². The maximum Gasteiger partial charge on any atom is 0.299 e. The molecule has 7 heteroatoms.